The van der Waals surface area contributed by atoms with Crippen molar-refractivity contribution < 1.29 is 15.3 Å². The molecular formula is C16H21NO3. The van der Waals surface area contributed by atoms with E-state index in [-0.39, 0.29) is 19.8 Å². The second kappa shape index (κ2) is 6.33. The fourth-order valence-corrected chi connectivity index (χ4v) is 2.04. The van der Waals surface area contributed by atoms with Gasteiger partial charge in [-0.05, 0) is 29.3 Å². The minimum Gasteiger partial charge on any atom is -0.394 e. The van der Waals surface area contributed by atoms with Crippen LogP contribution in [0.15, 0.2) is 42.5 Å². The van der Waals surface area contributed by atoms with Crippen LogP contribution in [-0.4, -0.2) is 40.6 Å². The van der Waals surface area contributed by atoms with E-state index in [1.807, 2.05) is 42.5 Å². The quantitative estimate of drug-likeness (QED) is 0.639. The fourth-order valence-electron chi connectivity index (χ4n) is 2.04. The van der Waals surface area contributed by atoms with Gasteiger partial charge in [0.1, 0.15) is 0 Å². The highest BCUT2D eigenvalue weighted by Gasteiger charge is 2.22. The molecule has 1 atom stereocenters. The summed E-state index contributed by atoms with van der Waals surface area (Å²) in [5.74, 6) is 0. The molecule has 2 aromatic rings. The number of hydrogen-bond acceptors (Lipinski definition) is 4. The molecule has 0 saturated heterocycles. The fraction of sp³-hybridized carbons (Fsp3) is 0.375. The number of nitrogens with one attached hydrogen (secondary N) is 1. The number of aliphatic hydroxyl groups is 3. The lowest BCUT2D eigenvalue weighted by Gasteiger charge is -2.27. The molecule has 1 unspecified atom stereocenters. The highest BCUT2D eigenvalue weighted by atomic mass is 16.3. The van der Waals surface area contributed by atoms with Crippen LogP contribution >= 0.6 is 0 Å². The van der Waals surface area contributed by atoms with Crippen molar-refractivity contribution in [1.82, 2.24) is 5.32 Å². The molecule has 20 heavy (non-hydrogen) atoms. The summed E-state index contributed by atoms with van der Waals surface area (Å²) in [7, 11) is 0. The third kappa shape index (κ3) is 3.35. The van der Waals surface area contributed by atoms with Crippen LogP contribution in [0.4, 0.5) is 0 Å². The molecule has 0 heterocycles. The van der Waals surface area contributed by atoms with Gasteiger partial charge in [0.2, 0.25) is 0 Å². The van der Waals surface area contributed by atoms with E-state index in [0.717, 1.165) is 16.3 Å². The molecule has 0 aromatic heterocycles. The first kappa shape index (κ1) is 14.9. The van der Waals surface area contributed by atoms with Crippen LogP contribution in [0.2, 0.25) is 0 Å². The van der Waals surface area contributed by atoms with E-state index in [4.69, 9.17) is 0 Å². The van der Waals surface area contributed by atoms with E-state index >= 15 is 0 Å². The molecule has 0 aliphatic rings. The molecule has 0 aliphatic carbocycles. The molecule has 0 bridgehead atoms. The Kier molecular flexibility index (Phi) is 4.73. The van der Waals surface area contributed by atoms with E-state index in [9.17, 15) is 15.3 Å². The van der Waals surface area contributed by atoms with E-state index in [1.165, 1.54) is 0 Å². The highest BCUT2D eigenvalue weighted by Crippen LogP contribution is 2.20. The summed E-state index contributed by atoms with van der Waals surface area (Å²) >= 11 is 0. The van der Waals surface area contributed by atoms with E-state index in [0.29, 0.717) is 0 Å². The maximum absolute atomic E-state index is 10.2. The zero-order chi connectivity index (χ0) is 14.6. The zero-order valence-electron chi connectivity index (χ0n) is 11.6. The third-order valence-electron chi connectivity index (χ3n) is 3.58. The second-order valence-electron chi connectivity index (χ2n) is 5.38. The number of aliphatic hydroxyl groups excluding tert-OH is 3. The molecular weight excluding hydrogens is 254 g/mol. The largest absolute Gasteiger partial charge is 0.394 e. The van der Waals surface area contributed by atoms with Crippen molar-refractivity contribution in [2.45, 2.75) is 18.6 Å². The maximum Gasteiger partial charge on any atom is 0.0914 e. The molecule has 4 heteroatoms. The first-order valence-corrected chi connectivity index (χ1v) is 6.71. The van der Waals surface area contributed by atoms with Gasteiger partial charge in [0.15, 0.2) is 0 Å². The summed E-state index contributed by atoms with van der Waals surface area (Å²) in [6, 6.07) is 13.8. The Morgan fingerprint density at radius 2 is 1.70 bits per heavy atom. The van der Waals surface area contributed by atoms with E-state index < -0.39 is 11.6 Å². The van der Waals surface area contributed by atoms with Crippen LogP contribution < -0.4 is 5.32 Å². The molecule has 4 nitrogen and oxygen atoms in total. The predicted octanol–water partition coefficient (Wildman–Crippen LogP) is 1.21. The Labute approximate surface area is 118 Å². The Balaban J connectivity index is 2.09. The Morgan fingerprint density at radius 3 is 2.35 bits per heavy atom. The minimum absolute atomic E-state index is 0.187. The summed E-state index contributed by atoms with van der Waals surface area (Å²) in [5, 5.41) is 33.8. The van der Waals surface area contributed by atoms with Crippen molar-refractivity contribution in [3.05, 3.63) is 48.0 Å². The molecule has 4 N–H and O–H groups in total. The lowest BCUT2D eigenvalue weighted by molar-refractivity contribution is 0.0846. The van der Waals surface area contributed by atoms with Crippen molar-refractivity contribution in [1.29, 1.82) is 0 Å². The lowest BCUT2D eigenvalue weighted by atomic mass is 10.0. The Hall–Kier alpha value is -1.46. The van der Waals surface area contributed by atoms with E-state index in [2.05, 4.69) is 5.32 Å². The highest BCUT2D eigenvalue weighted by molar-refractivity contribution is 5.83. The van der Waals surface area contributed by atoms with Crippen molar-refractivity contribution in [3.63, 3.8) is 0 Å². The number of hydrogen-bond donors (Lipinski definition) is 4. The van der Waals surface area contributed by atoms with Crippen molar-refractivity contribution in [2.24, 2.45) is 0 Å². The molecule has 108 valence electrons. The average Bonchev–Trinajstić information content (AvgIpc) is 2.51. The van der Waals surface area contributed by atoms with Gasteiger partial charge < -0.3 is 20.6 Å². The van der Waals surface area contributed by atoms with Crippen LogP contribution in [0.1, 0.15) is 18.6 Å². The van der Waals surface area contributed by atoms with Crippen molar-refractivity contribution in [2.75, 3.05) is 19.8 Å². The van der Waals surface area contributed by atoms with Gasteiger partial charge in [-0.2, -0.15) is 0 Å². The summed E-state index contributed by atoms with van der Waals surface area (Å²) < 4.78 is 0. The maximum atomic E-state index is 10.2. The Morgan fingerprint density at radius 1 is 1.05 bits per heavy atom. The number of fused-ring (bicyclic) bond motifs is 1. The monoisotopic (exact) mass is 275 g/mol. The summed E-state index contributed by atoms with van der Waals surface area (Å²) in [4.78, 5) is 0. The first-order valence-electron chi connectivity index (χ1n) is 6.71. The zero-order valence-corrected chi connectivity index (χ0v) is 11.6. The number of benzene rings is 2. The summed E-state index contributed by atoms with van der Waals surface area (Å²) in [6.45, 7) is 1.61. The molecule has 0 saturated carbocycles. The van der Waals surface area contributed by atoms with Crippen molar-refractivity contribution >= 4 is 10.8 Å². The van der Waals surface area contributed by atoms with Crippen molar-refractivity contribution in [3.8, 4) is 0 Å². The molecule has 2 rings (SSSR count). The molecule has 0 aliphatic heterocycles. The summed E-state index contributed by atoms with van der Waals surface area (Å²) in [5.41, 5.74) is 0.0344. The van der Waals surface area contributed by atoms with Crippen LogP contribution in [0.5, 0.6) is 0 Å². The molecule has 0 fully saturated rings. The van der Waals surface area contributed by atoms with Gasteiger partial charge in [0, 0.05) is 6.54 Å². The van der Waals surface area contributed by atoms with Crippen LogP contribution in [-0.2, 0) is 0 Å². The minimum atomic E-state index is -0.780. The number of β-amino-alcohol motifs (C(OH)–C–C–N with tert-alkyl or cyclic N) is 1. The molecule has 0 spiro atoms. The normalized spacial score (nSPS) is 13.6. The summed E-state index contributed by atoms with van der Waals surface area (Å²) in [6.07, 6.45) is -0.683. The van der Waals surface area contributed by atoms with Gasteiger partial charge >= 0.3 is 0 Å². The van der Waals surface area contributed by atoms with Gasteiger partial charge in [-0.25, -0.2) is 0 Å². The molecule has 0 amide bonds. The number of rotatable bonds is 6. The second-order valence-corrected chi connectivity index (χ2v) is 5.38. The Bertz CT molecular complexity index is 566. The molecule has 2 aromatic carbocycles. The smallest absolute Gasteiger partial charge is 0.0914 e. The topological polar surface area (TPSA) is 72.7 Å². The van der Waals surface area contributed by atoms with Gasteiger partial charge in [-0.1, -0.05) is 36.4 Å². The first-order chi connectivity index (χ1) is 9.58. The van der Waals surface area contributed by atoms with Gasteiger partial charge in [0.25, 0.3) is 0 Å². The van der Waals surface area contributed by atoms with Gasteiger partial charge in [-0.15, -0.1) is 0 Å². The van der Waals surface area contributed by atoms with Gasteiger partial charge in [0.05, 0.1) is 24.9 Å². The average molecular weight is 275 g/mol. The predicted molar refractivity (Wildman–Crippen MR) is 79.5 cm³/mol. The standard InChI is InChI=1S/C16H21NO3/c1-16(10-18,11-19)17-9-15(20)14-7-6-12-4-2-3-5-13(12)8-14/h2-8,15,17-20H,9-11H2,1H3. The van der Waals surface area contributed by atoms with Crippen LogP contribution in [0, 0.1) is 0 Å². The third-order valence-corrected chi connectivity index (χ3v) is 3.58. The van der Waals surface area contributed by atoms with Crippen LogP contribution in [0.25, 0.3) is 10.8 Å². The molecule has 0 radical (unpaired) electrons. The lowest BCUT2D eigenvalue weighted by Crippen LogP contribution is -2.50. The SMILES string of the molecule is CC(CO)(CO)NCC(O)c1ccc2ccccc2c1. The van der Waals surface area contributed by atoms with Crippen LogP contribution in [0.3, 0.4) is 0 Å². The van der Waals surface area contributed by atoms with E-state index in [1.54, 1.807) is 6.92 Å². The van der Waals surface area contributed by atoms with Gasteiger partial charge in [-0.3, -0.25) is 0 Å².